The van der Waals surface area contributed by atoms with Gasteiger partial charge in [0.2, 0.25) is 0 Å². The summed E-state index contributed by atoms with van der Waals surface area (Å²) < 4.78 is 0. The minimum absolute atomic E-state index is 0.000984. The molecule has 3 atom stereocenters. The summed E-state index contributed by atoms with van der Waals surface area (Å²) in [5, 5.41) is 19.5. The Morgan fingerprint density at radius 3 is 2.04 bits per heavy atom. The molecule has 1 aliphatic rings. The van der Waals surface area contributed by atoms with Gasteiger partial charge in [-0.2, -0.15) is 0 Å². The number of carboxylic acid groups (broad SMARTS) is 2. The van der Waals surface area contributed by atoms with E-state index in [9.17, 15) is 19.8 Å². The van der Waals surface area contributed by atoms with Crippen LogP contribution < -0.4 is 0 Å². The zero-order chi connectivity index (χ0) is 19.7. The molecule has 1 rings (SSSR count). The van der Waals surface area contributed by atoms with Gasteiger partial charge in [-0.05, 0) is 49.9 Å². The van der Waals surface area contributed by atoms with Crippen LogP contribution in [0.4, 0.5) is 0 Å². The molecule has 0 radical (unpaired) electrons. The third kappa shape index (κ3) is 6.92. The van der Waals surface area contributed by atoms with Crippen LogP contribution in [0.3, 0.4) is 0 Å². The summed E-state index contributed by atoms with van der Waals surface area (Å²) in [7, 11) is 0. The Balaban J connectivity index is 2.79. The van der Waals surface area contributed by atoms with E-state index < -0.39 is 17.4 Å². The van der Waals surface area contributed by atoms with Crippen LogP contribution in [0.1, 0.15) is 98.3 Å². The van der Waals surface area contributed by atoms with Crippen molar-refractivity contribution in [1.29, 1.82) is 0 Å². The zero-order valence-corrected chi connectivity index (χ0v) is 17.3. The van der Waals surface area contributed by atoms with Crippen LogP contribution in [0, 0.1) is 29.1 Å². The van der Waals surface area contributed by atoms with Crippen LogP contribution in [0.5, 0.6) is 0 Å². The molecule has 0 spiro atoms. The highest BCUT2D eigenvalue weighted by Gasteiger charge is 2.49. The second kappa shape index (κ2) is 10.9. The first-order chi connectivity index (χ1) is 12.2. The van der Waals surface area contributed by atoms with Crippen LogP contribution in [-0.2, 0) is 9.59 Å². The average Bonchev–Trinajstić information content (AvgIpc) is 2.55. The number of aliphatic carboxylic acids is 2. The number of carbonyl (C=O) groups is 2. The molecule has 2 N–H and O–H groups in total. The number of rotatable bonds is 12. The van der Waals surface area contributed by atoms with Crippen molar-refractivity contribution in [3.05, 3.63) is 0 Å². The summed E-state index contributed by atoms with van der Waals surface area (Å²) in [6.07, 6.45) is 9.53. The fraction of sp³-hybridized carbons (Fsp3) is 0.909. The predicted octanol–water partition coefficient (Wildman–Crippen LogP) is 5.99. The molecule has 26 heavy (non-hydrogen) atoms. The molecule has 1 fully saturated rings. The smallest absolute Gasteiger partial charge is 0.309 e. The predicted molar refractivity (Wildman–Crippen MR) is 105 cm³/mol. The molecule has 152 valence electrons. The summed E-state index contributed by atoms with van der Waals surface area (Å²) in [6.45, 7) is 8.81. The molecule has 0 aliphatic heterocycles. The molecule has 0 aromatic rings. The molecule has 0 aromatic carbocycles. The van der Waals surface area contributed by atoms with E-state index >= 15 is 0 Å². The highest BCUT2D eigenvalue weighted by Crippen LogP contribution is 2.49. The van der Waals surface area contributed by atoms with Gasteiger partial charge in [0.05, 0.1) is 11.3 Å². The van der Waals surface area contributed by atoms with E-state index in [1.54, 1.807) is 0 Å². The first kappa shape index (κ1) is 23.0. The fourth-order valence-corrected chi connectivity index (χ4v) is 4.60. The molecule has 0 heterocycles. The van der Waals surface area contributed by atoms with Crippen molar-refractivity contribution in [2.45, 2.75) is 98.3 Å². The number of hydrogen-bond acceptors (Lipinski definition) is 2. The summed E-state index contributed by atoms with van der Waals surface area (Å²) >= 11 is 0. The lowest BCUT2D eigenvalue weighted by atomic mass is 9.59. The molecular formula is C22H40O4. The lowest BCUT2D eigenvalue weighted by Gasteiger charge is -2.43. The van der Waals surface area contributed by atoms with Crippen LogP contribution in [-0.4, -0.2) is 22.2 Å². The quantitative estimate of drug-likeness (QED) is 0.415. The van der Waals surface area contributed by atoms with Crippen molar-refractivity contribution in [1.82, 2.24) is 0 Å². The van der Waals surface area contributed by atoms with Gasteiger partial charge < -0.3 is 10.2 Å². The monoisotopic (exact) mass is 368 g/mol. The van der Waals surface area contributed by atoms with Gasteiger partial charge in [0.25, 0.3) is 0 Å². The Hall–Kier alpha value is -1.06. The Labute approximate surface area is 159 Å². The van der Waals surface area contributed by atoms with Gasteiger partial charge in [-0.1, -0.05) is 66.2 Å². The molecule has 4 nitrogen and oxygen atoms in total. The fourth-order valence-electron chi connectivity index (χ4n) is 4.60. The normalized spacial score (nSPS) is 26.4. The maximum Gasteiger partial charge on any atom is 0.309 e. The Kier molecular flexibility index (Phi) is 9.67. The van der Waals surface area contributed by atoms with Crippen LogP contribution >= 0.6 is 0 Å². The van der Waals surface area contributed by atoms with Crippen molar-refractivity contribution < 1.29 is 19.8 Å². The maximum absolute atomic E-state index is 12.3. The molecule has 3 unspecified atom stereocenters. The van der Waals surface area contributed by atoms with Gasteiger partial charge in [0.15, 0.2) is 0 Å². The van der Waals surface area contributed by atoms with Gasteiger partial charge in [0.1, 0.15) is 0 Å². The van der Waals surface area contributed by atoms with Crippen LogP contribution in [0.15, 0.2) is 0 Å². The zero-order valence-electron chi connectivity index (χ0n) is 17.3. The number of unbranched alkanes of at least 4 members (excludes halogenated alkanes) is 2. The summed E-state index contributed by atoms with van der Waals surface area (Å²) in [6, 6.07) is 0. The van der Waals surface area contributed by atoms with Crippen LogP contribution in [0.25, 0.3) is 0 Å². The molecular weight excluding hydrogens is 328 g/mol. The molecule has 0 aromatic heterocycles. The highest BCUT2D eigenvalue weighted by atomic mass is 16.4. The second-order valence-electron chi connectivity index (χ2n) is 9.29. The summed E-state index contributed by atoms with van der Waals surface area (Å²) in [5.74, 6) is -0.510. The molecule has 0 saturated heterocycles. The minimum Gasteiger partial charge on any atom is -0.481 e. The van der Waals surface area contributed by atoms with Crippen molar-refractivity contribution in [3.63, 3.8) is 0 Å². The lowest BCUT2D eigenvalue weighted by molar-refractivity contribution is -0.161. The SMILES string of the molecule is CC(C)CCCCC1CC(C(=O)O)CCC1(CCCCC(C)C)C(=O)O. The van der Waals surface area contributed by atoms with Gasteiger partial charge in [-0.15, -0.1) is 0 Å². The van der Waals surface area contributed by atoms with E-state index in [2.05, 4.69) is 27.7 Å². The Bertz CT molecular complexity index is 443. The standard InChI is InChI=1S/C22H40O4/c1-16(2)9-5-6-11-19-15-18(20(23)24)12-14-22(19,21(25)26)13-8-7-10-17(3)4/h16-19H,5-15H2,1-4H3,(H,23,24)(H,25,26). The van der Waals surface area contributed by atoms with E-state index in [-0.39, 0.29) is 11.8 Å². The van der Waals surface area contributed by atoms with E-state index in [0.29, 0.717) is 37.5 Å². The third-order valence-electron chi connectivity index (χ3n) is 6.30. The average molecular weight is 369 g/mol. The van der Waals surface area contributed by atoms with Gasteiger partial charge >= 0.3 is 11.9 Å². The topological polar surface area (TPSA) is 74.6 Å². The second-order valence-corrected chi connectivity index (χ2v) is 9.29. The van der Waals surface area contributed by atoms with Crippen molar-refractivity contribution >= 4 is 11.9 Å². The highest BCUT2D eigenvalue weighted by molar-refractivity contribution is 5.76. The van der Waals surface area contributed by atoms with E-state index in [1.807, 2.05) is 0 Å². The largest absolute Gasteiger partial charge is 0.481 e. The maximum atomic E-state index is 12.3. The number of carboxylic acids is 2. The minimum atomic E-state index is -0.754. The first-order valence-corrected chi connectivity index (χ1v) is 10.6. The third-order valence-corrected chi connectivity index (χ3v) is 6.30. The van der Waals surface area contributed by atoms with E-state index in [4.69, 9.17) is 0 Å². The Morgan fingerprint density at radius 1 is 0.962 bits per heavy atom. The summed E-state index contributed by atoms with van der Waals surface area (Å²) in [5.41, 5.74) is -0.708. The van der Waals surface area contributed by atoms with Crippen LogP contribution in [0.2, 0.25) is 0 Å². The van der Waals surface area contributed by atoms with Gasteiger partial charge in [0, 0.05) is 0 Å². The van der Waals surface area contributed by atoms with E-state index in [0.717, 1.165) is 44.9 Å². The van der Waals surface area contributed by atoms with Crippen molar-refractivity contribution in [2.24, 2.45) is 29.1 Å². The van der Waals surface area contributed by atoms with Gasteiger partial charge in [-0.25, -0.2) is 0 Å². The molecule has 1 aliphatic carbocycles. The molecule has 1 saturated carbocycles. The van der Waals surface area contributed by atoms with Crippen molar-refractivity contribution in [2.75, 3.05) is 0 Å². The van der Waals surface area contributed by atoms with E-state index in [1.165, 1.54) is 0 Å². The molecule has 0 bridgehead atoms. The lowest BCUT2D eigenvalue weighted by Crippen LogP contribution is -2.44. The Morgan fingerprint density at radius 2 is 1.54 bits per heavy atom. The van der Waals surface area contributed by atoms with Gasteiger partial charge in [-0.3, -0.25) is 9.59 Å². The first-order valence-electron chi connectivity index (χ1n) is 10.6. The molecule has 4 heteroatoms. The molecule has 0 amide bonds. The van der Waals surface area contributed by atoms with Crippen molar-refractivity contribution in [3.8, 4) is 0 Å². The number of hydrogen-bond donors (Lipinski definition) is 2. The summed E-state index contributed by atoms with van der Waals surface area (Å²) in [4.78, 5) is 23.8.